The average Bonchev–Trinajstić information content (AvgIpc) is 2.37. The summed E-state index contributed by atoms with van der Waals surface area (Å²) in [6.45, 7) is 3.41. The van der Waals surface area contributed by atoms with Crippen molar-refractivity contribution in [1.29, 1.82) is 0 Å². The van der Waals surface area contributed by atoms with E-state index in [1.165, 1.54) is 18.2 Å². The number of carboxylic acid groups (broad SMARTS) is 1. The van der Waals surface area contributed by atoms with Gasteiger partial charge in [-0.15, -0.1) is 0 Å². The maximum atomic E-state index is 11.8. The van der Waals surface area contributed by atoms with Crippen molar-refractivity contribution in [3.8, 4) is 0 Å². The first-order chi connectivity index (χ1) is 8.52. The van der Waals surface area contributed by atoms with Crippen LogP contribution in [0.1, 0.15) is 51.3 Å². The number of aromatic carboxylic acids is 1. The number of carbonyl (C=O) groups excluding carboxylic acids is 2. The Labute approximate surface area is 104 Å². The van der Waals surface area contributed by atoms with Crippen LogP contribution in [0.25, 0.3) is 0 Å². The summed E-state index contributed by atoms with van der Waals surface area (Å²) in [6, 6.07) is 4.11. The molecule has 1 aromatic rings. The Balaban J connectivity index is 3.42. The van der Waals surface area contributed by atoms with Crippen molar-refractivity contribution in [2.45, 2.75) is 20.3 Å². The summed E-state index contributed by atoms with van der Waals surface area (Å²) in [5, 5.41) is 9.04. The van der Waals surface area contributed by atoms with Crippen LogP contribution >= 0.6 is 0 Å². The fraction of sp³-hybridized carbons (Fsp3) is 0.308. The molecule has 96 valence electrons. The SMILES string of the molecule is CCOC(=O)c1cccc(C(=O)O)c1C(=O)CC. The Morgan fingerprint density at radius 1 is 1.17 bits per heavy atom. The van der Waals surface area contributed by atoms with E-state index in [1.54, 1.807) is 13.8 Å². The van der Waals surface area contributed by atoms with Crippen molar-refractivity contribution in [3.63, 3.8) is 0 Å². The molecule has 0 unspecified atom stereocenters. The predicted octanol–water partition coefficient (Wildman–Crippen LogP) is 2.15. The van der Waals surface area contributed by atoms with Gasteiger partial charge in [0.15, 0.2) is 5.78 Å². The van der Waals surface area contributed by atoms with Gasteiger partial charge in [0.25, 0.3) is 0 Å². The summed E-state index contributed by atoms with van der Waals surface area (Å²) >= 11 is 0. The third-order valence-corrected chi connectivity index (χ3v) is 2.39. The van der Waals surface area contributed by atoms with E-state index in [1.807, 2.05) is 0 Å². The van der Waals surface area contributed by atoms with Crippen molar-refractivity contribution in [2.24, 2.45) is 0 Å². The van der Waals surface area contributed by atoms with Gasteiger partial charge in [0, 0.05) is 12.0 Å². The number of carboxylic acids is 1. The summed E-state index contributed by atoms with van der Waals surface area (Å²) in [4.78, 5) is 34.6. The van der Waals surface area contributed by atoms with Crippen molar-refractivity contribution in [2.75, 3.05) is 6.61 Å². The van der Waals surface area contributed by atoms with Crippen molar-refractivity contribution >= 4 is 17.7 Å². The fourth-order valence-electron chi connectivity index (χ4n) is 1.59. The lowest BCUT2D eigenvalue weighted by atomic mass is 9.96. The third kappa shape index (κ3) is 2.74. The van der Waals surface area contributed by atoms with Crippen molar-refractivity contribution in [1.82, 2.24) is 0 Å². The number of hydrogen-bond donors (Lipinski definition) is 1. The van der Waals surface area contributed by atoms with Gasteiger partial charge in [0.2, 0.25) is 0 Å². The highest BCUT2D eigenvalue weighted by molar-refractivity contribution is 6.12. The summed E-state index contributed by atoms with van der Waals surface area (Å²) in [5.41, 5.74) is -0.248. The predicted molar refractivity (Wildman–Crippen MR) is 64.0 cm³/mol. The van der Waals surface area contributed by atoms with Crippen LogP contribution in [0.5, 0.6) is 0 Å². The van der Waals surface area contributed by atoms with Crippen LogP contribution < -0.4 is 0 Å². The Hall–Kier alpha value is -2.17. The zero-order chi connectivity index (χ0) is 13.7. The lowest BCUT2D eigenvalue weighted by Crippen LogP contribution is -2.16. The smallest absolute Gasteiger partial charge is 0.338 e. The number of esters is 1. The molecule has 0 amide bonds. The number of Topliss-reactive ketones (excluding diaryl/α,β-unsaturated/α-hetero) is 1. The molecule has 0 saturated heterocycles. The molecule has 0 fully saturated rings. The molecule has 5 nitrogen and oxygen atoms in total. The van der Waals surface area contributed by atoms with Crippen molar-refractivity contribution < 1.29 is 24.2 Å². The van der Waals surface area contributed by atoms with Crippen LogP contribution in [0, 0.1) is 0 Å². The summed E-state index contributed by atoms with van der Waals surface area (Å²) in [5.74, 6) is -2.31. The highest BCUT2D eigenvalue weighted by Crippen LogP contribution is 2.18. The maximum Gasteiger partial charge on any atom is 0.338 e. The highest BCUT2D eigenvalue weighted by atomic mass is 16.5. The van der Waals surface area contributed by atoms with Crippen molar-refractivity contribution in [3.05, 3.63) is 34.9 Å². The van der Waals surface area contributed by atoms with Gasteiger partial charge in [-0.05, 0) is 19.1 Å². The van der Waals surface area contributed by atoms with Crippen LogP contribution in [-0.4, -0.2) is 29.4 Å². The van der Waals surface area contributed by atoms with Gasteiger partial charge in [-0.25, -0.2) is 9.59 Å². The summed E-state index contributed by atoms with van der Waals surface area (Å²) in [7, 11) is 0. The average molecular weight is 250 g/mol. The number of hydrogen-bond acceptors (Lipinski definition) is 4. The van der Waals surface area contributed by atoms with E-state index < -0.39 is 17.7 Å². The number of carbonyl (C=O) groups is 3. The van der Waals surface area contributed by atoms with Crippen LogP contribution in [0.4, 0.5) is 0 Å². The molecule has 5 heteroatoms. The molecule has 1 N–H and O–H groups in total. The Morgan fingerprint density at radius 2 is 1.78 bits per heavy atom. The molecule has 0 aromatic heterocycles. The molecule has 0 aliphatic carbocycles. The molecule has 0 heterocycles. The van der Waals surface area contributed by atoms with Crippen LogP contribution in [0.2, 0.25) is 0 Å². The topological polar surface area (TPSA) is 80.7 Å². The molecule has 0 bridgehead atoms. The maximum absolute atomic E-state index is 11.8. The molecule has 0 aliphatic heterocycles. The van der Waals surface area contributed by atoms with E-state index >= 15 is 0 Å². The number of benzene rings is 1. The van der Waals surface area contributed by atoms with E-state index in [4.69, 9.17) is 9.84 Å². The van der Waals surface area contributed by atoms with Gasteiger partial charge in [0.05, 0.1) is 17.7 Å². The number of ether oxygens (including phenoxy) is 1. The first-order valence-electron chi connectivity index (χ1n) is 5.59. The van der Waals surface area contributed by atoms with Gasteiger partial charge in [-0.3, -0.25) is 4.79 Å². The third-order valence-electron chi connectivity index (χ3n) is 2.39. The molecule has 1 rings (SSSR count). The fourth-order valence-corrected chi connectivity index (χ4v) is 1.59. The van der Waals surface area contributed by atoms with E-state index in [0.717, 1.165) is 0 Å². The highest BCUT2D eigenvalue weighted by Gasteiger charge is 2.23. The second-order valence-electron chi connectivity index (χ2n) is 3.53. The second-order valence-corrected chi connectivity index (χ2v) is 3.53. The zero-order valence-corrected chi connectivity index (χ0v) is 10.2. The van der Waals surface area contributed by atoms with Crippen LogP contribution in [0.3, 0.4) is 0 Å². The zero-order valence-electron chi connectivity index (χ0n) is 10.2. The molecule has 0 atom stereocenters. The lowest BCUT2D eigenvalue weighted by molar-refractivity contribution is 0.0523. The summed E-state index contributed by atoms with van der Waals surface area (Å²) < 4.78 is 4.81. The minimum atomic E-state index is -1.24. The number of ketones is 1. The molecule has 0 radical (unpaired) electrons. The monoisotopic (exact) mass is 250 g/mol. The van der Waals surface area contributed by atoms with Crippen LogP contribution in [0.15, 0.2) is 18.2 Å². The largest absolute Gasteiger partial charge is 0.478 e. The van der Waals surface area contributed by atoms with Gasteiger partial charge in [-0.2, -0.15) is 0 Å². The van der Waals surface area contributed by atoms with Gasteiger partial charge in [0.1, 0.15) is 0 Å². The quantitative estimate of drug-likeness (QED) is 0.639. The van der Waals surface area contributed by atoms with Gasteiger partial charge in [-0.1, -0.05) is 13.0 Å². The first-order valence-corrected chi connectivity index (χ1v) is 5.59. The summed E-state index contributed by atoms with van der Waals surface area (Å²) in [6.07, 6.45) is 0.122. The normalized spacial score (nSPS) is 9.89. The van der Waals surface area contributed by atoms with Crippen LogP contribution in [-0.2, 0) is 4.74 Å². The standard InChI is InChI=1S/C13H14O5/c1-3-10(14)11-8(12(15)16)6-5-7-9(11)13(17)18-4-2/h5-7H,3-4H2,1-2H3,(H,15,16). The minimum absolute atomic E-state index is 0.00333. The van der Waals surface area contributed by atoms with E-state index in [9.17, 15) is 14.4 Å². The molecular weight excluding hydrogens is 236 g/mol. The minimum Gasteiger partial charge on any atom is -0.478 e. The van der Waals surface area contributed by atoms with E-state index in [-0.39, 0.29) is 29.7 Å². The number of rotatable bonds is 5. The van der Waals surface area contributed by atoms with E-state index in [0.29, 0.717) is 0 Å². The van der Waals surface area contributed by atoms with Gasteiger partial charge < -0.3 is 9.84 Å². The second kappa shape index (κ2) is 5.95. The molecule has 18 heavy (non-hydrogen) atoms. The van der Waals surface area contributed by atoms with E-state index in [2.05, 4.69) is 0 Å². The van der Waals surface area contributed by atoms with Gasteiger partial charge >= 0.3 is 11.9 Å². The Morgan fingerprint density at radius 3 is 2.28 bits per heavy atom. The Bertz CT molecular complexity index is 490. The molecule has 0 aliphatic rings. The molecular formula is C13H14O5. The molecule has 0 spiro atoms. The Kier molecular flexibility index (Phi) is 4.59. The lowest BCUT2D eigenvalue weighted by Gasteiger charge is -2.10. The molecule has 1 aromatic carbocycles. The first kappa shape index (κ1) is 13.9. The molecule has 0 saturated carbocycles.